The maximum Gasteiger partial charge on any atom is 0.251 e. The monoisotopic (exact) mass is 424 g/mol. The van der Waals surface area contributed by atoms with Gasteiger partial charge in [0.2, 0.25) is 0 Å². The molecule has 2 heterocycles. The van der Waals surface area contributed by atoms with Crippen molar-refractivity contribution >= 4 is 11.7 Å². The van der Waals surface area contributed by atoms with Gasteiger partial charge in [0, 0.05) is 23.5 Å². The van der Waals surface area contributed by atoms with Crippen LogP contribution >= 0.6 is 0 Å². The number of nitrogens with two attached hydrogens (primary N) is 1. The van der Waals surface area contributed by atoms with Crippen molar-refractivity contribution in [2.75, 3.05) is 12.3 Å². The zero-order valence-electron chi connectivity index (χ0n) is 18.3. The van der Waals surface area contributed by atoms with Crippen LogP contribution in [0.15, 0.2) is 84.9 Å². The van der Waals surface area contributed by atoms with Gasteiger partial charge in [0.15, 0.2) is 0 Å². The number of nitrogens with one attached hydrogen (secondary N) is 1. The van der Waals surface area contributed by atoms with Crippen LogP contribution in [0.3, 0.4) is 0 Å². The first-order chi connectivity index (χ1) is 15.7. The number of aromatic nitrogens is 2. The van der Waals surface area contributed by atoms with Gasteiger partial charge in [-0.1, -0.05) is 61.9 Å². The SMILES string of the molecule is CCCCNC(=O)c1ccc(-c2ccc(-c3ccccc3)n2Cc2cccc(N)n2)cc1. The lowest BCUT2D eigenvalue weighted by molar-refractivity contribution is 0.0953. The van der Waals surface area contributed by atoms with E-state index >= 15 is 0 Å². The Hall–Kier alpha value is -3.86. The molecule has 162 valence electrons. The van der Waals surface area contributed by atoms with E-state index < -0.39 is 0 Å². The molecule has 0 radical (unpaired) electrons. The van der Waals surface area contributed by atoms with Crippen LogP contribution in [-0.2, 0) is 6.54 Å². The third-order valence-electron chi connectivity index (χ3n) is 5.46. The standard InChI is InChI=1S/C27H28N4O/c1-2-3-18-29-27(32)22-14-12-21(13-15-22)25-17-16-24(20-8-5-4-6-9-20)31(25)19-23-10-7-11-26(28)30-23/h4-17H,2-3,18-19H2,1H3,(H2,28,30)(H,29,32). The minimum absolute atomic E-state index is 0.0330. The van der Waals surface area contributed by atoms with Crippen molar-refractivity contribution in [3.05, 3.63) is 96.2 Å². The van der Waals surface area contributed by atoms with Crippen LogP contribution in [-0.4, -0.2) is 22.0 Å². The lowest BCUT2D eigenvalue weighted by Gasteiger charge is -2.14. The van der Waals surface area contributed by atoms with Gasteiger partial charge in [0.05, 0.1) is 12.2 Å². The first-order valence-electron chi connectivity index (χ1n) is 11.0. The van der Waals surface area contributed by atoms with Crippen molar-refractivity contribution in [2.24, 2.45) is 0 Å². The molecule has 0 aliphatic carbocycles. The number of carbonyl (C=O) groups is 1. The van der Waals surface area contributed by atoms with Gasteiger partial charge in [-0.15, -0.1) is 0 Å². The topological polar surface area (TPSA) is 72.9 Å². The van der Waals surface area contributed by atoms with Gasteiger partial charge in [-0.3, -0.25) is 4.79 Å². The zero-order valence-corrected chi connectivity index (χ0v) is 18.3. The molecule has 0 fully saturated rings. The first-order valence-corrected chi connectivity index (χ1v) is 11.0. The molecule has 0 saturated heterocycles. The Balaban J connectivity index is 1.68. The van der Waals surface area contributed by atoms with E-state index in [4.69, 9.17) is 5.73 Å². The molecule has 4 aromatic rings. The summed E-state index contributed by atoms with van der Waals surface area (Å²) < 4.78 is 2.24. The van der Waals surface area contributed by atoms with E-state index in [0.29, 0.717) is 24.5 Å². The largest absolute Gasteiger partial charge is 0.384 e. The number of amides is 1. The molecular formula is C27H28N4O. The molecule has 0 spiro atoms. The summed E-state index contributed by atoms with van der Waals surface area (Å²) in [4.78, 5) is 16.9. The second kappa shape index (κ2) is 9.96. The third kappa shape index (κ3) is 4.89. The molecule has 0 atom stereocenters. The fourth-order valence-electron chi connectivity index (χ4n) is 3.77. The summed E-state index contributed by atoms with van der Waals surface area (Å²) in [6.45, 7) is 3.41. The van der Waals surface area contributed by atoms with Crippen LogP contribution in [0.4, 0.5) is 5.82 Å². The van der Waals surface area contributed by atoms with Gasteiger partial charge in [-0.05, 0) is 53.9 Å². The number of hydrogen-bond acceptors (Lipinski definition) is 3. The minimum atomic E-state index is -0.0330. The number of unbranched alkanes of at least 4 members (excludes halogenated alkanes) is 1. The molecule has 0 aliphatic heterocycles. The number of nitrogen functional groups attached to an aromatic ring is 1. The quantitative estimate of drug-likeness (QED) is 0.373. The van der Waals surface area contributed by atoms with Crippen LogP contribution < -0.4 is 11.1 Å². The van der Waals surface area contributed by atoms with Gasteiger partial charge < -0.3 is 15.6 Å². The number of anilines is 1. The lowest BCUT2D eigenvalue weighted by Crippen LogP contribution is -2.24. The van der Waals surface area contributed by atoms with Crippen molar-refractivity contribution in [1.29, 1.82) is 0 Å². The van der Waals surface area contributed by atoms with Gasteiger partial charge in [0.1, 0.15) is 5.82 Å². The highest BCUT2D eigenvalue weighted by atomic mass is 16.1. The summed E-state index contributed by atoms with van der Waals surface area (Å²) in [6, 6.07) is 28.0. The predicted molar refractivity (Wildman–Crippen MR) is 130 cm³/mol. The van der Waals surface area contributed by atoms with Crippen LogP contribution in [0.1, 0.15) is 35.8 Å². The molecule has 2 aromatic heterocycles. The van der Waals surface area contributed by atoms with Gasteiger partial charge in [-0.2, -0.15) is 0 Å². The summed E-state index contributed by atoms with van der Waals surface area (Å²) >= 11 is 0. The Bertz CT molecular complexity index is 1180. The molecular weight excluding hydrogens is 396 g/mol. The molecule has 0 unspecified atom stereocenters. The van der Waals surface area contributed by atoms with Crippen LogP contribution in [0.2, 0.25) is 0 Å². The molecule has 3 N–H and O–H groups in total. The average molecular weight is 425 g/mol. The van der Waals surface area contributed by atoms with E-state index in [1.807, 2.05) is 54.6 Å². The van der Waals surface area contributed by atoms with Gasteiger partial charge in [0.25, 0.3) is 5.91 Å². The maximum absolute atomic E-state index is 12.4. The highest BCUT2D eigenvalue weighted by molar-refractivity contribution is 5.94. The van der Waals surface area contributed by atoms with E-state index in [-0.39, 0.29) is 5.91 Å². The molecule has 5 nitrogen and oxygen atoms in total. The normalized spacial score (nSPS) is 10.8. The molecule has 0 aliphatic rings. The van der Waals surface area contributed by atoms with Gasteiger partial charge >= 0.3 is 0 Å². The molecule has 5 heteroatoms. The third-order valence-corrected chi connectivity index (χ3v) is 5.46. The van der Waals surface area contributed by atoms with E-state index in [1.165, 1.54) is 0 Å². The summed E-state index contributed by atoms with van der Waals surface area (Å²) in [7, 11) is 0. The average Bonchev–Trinajstić information content (AvgIpc) is 3.23. The molecule has 0 saturated carbocycles. The van der Waals surface area contributed by atoms with Crippen LogP contribution in [0.25, 0.3) is 22.5 Å². The molecule has 2 aromatic carbocycles. The molecule has 0 bridgehead atoms. The van der Waals surface area contributed by atoms with Crippen LogP contribution in [0, 0.1) is 0 Å². The molecule has 1 amide bonds. The first kappa shape index (κ1) is 21.4. The summed E-state index contributed by atoms with van der Waals surface area (Å²) in [6.07, 6.45) is 2.04. The van der Waals surface area contributed by atoms with Crippen molar-refractivity contribution in [2.45, 2.75) is 26.3 Å². The highest BCUT2D eigenvalue weighted by Crippen LogP contribution is 2.30. The molecule has 4 rings (SSSR count). The predicted octanol–water partition coefficient (Wildman–Crippen LogP) is 5.38. The van der Waals surface area contributed by atoms with E-state index in [9.17, 15) is 4.79 Å². The number of pyridine rings is 1. The van der Waals surface area contributed by atoms with Crippen molar-refractivity contribution < 1.29 is 4.79 Å². The second-order valence-electron chi connectivity index (χ2n) is 7.80. The van der Waals surface area contributed by atoms with E-state index in [0.717, 1.165) is 41.1 Å². The number of hydrogen-bond donors (Lipinski definition) is 2. The fraction of sp³-hybridized carbons (Fsp3) is 0.185. The number of rotatable bonds is 8. The Morgan fingerprint density at radius 1 is 0.875 bits per heavy atom. The maximum atomic E-state index is 12.4. The number of nitrogens with zero attached hydrogens (tertiary/aromatic N) is 2. The lowest BCUT2D eigenvalue weighted by atomic mass is 10.1. The van der Waals surface area contributed by atoms with Crippen molar-refractivity contribution in [3.8, 4) is 22.5 Å². The Morgan fingerprint density at radius 2 is 1.56 bits per heavy atom. The van der Waals surface area contributed by atoms with Crippen molar-refractivity contribution in [1.82, 2.24) is 14.9 Å². The Kier molecular flexibility index (Phi) is 6.66. The summed E-state index contributed by atoms with van der Waals surface area (Å²) in [5.41, 5.74) is 11.8. The second-order valence-corrected chi connectivity index (χ2v) is 7.80. The smallest absolute Gasteiger partial charge is 0.251 e. The van der Waals surface area contributed by atoms with Crippen LogP contribution in [0.5, 0.6) is 0 Å². The summed E-state index contributed by atoms with van der Waals surface area (Å²) in [5, 5.41) is 2.97. The fourth-order valence-corrected chi connectivity index (χ4v) is 3.77. The van der Waals surface area contributed by atoms with E-state index in [1.54, 1.807) is 6.07 Å². The van der Waals surface area contributed by atoms with Crippen molar-refractivity contribution in [3.63, 3.8) is 0 Å². The van der Waals surface area contributed by atoms with Gasteiger partial charge in [-0.25, -0.2) is 4.98 Å². The number of carbonyl (C=O) groups excluding carboxylic acids is 1. The minimum Gasteiger partial charge on any atom is -0.384 e. The Morgan fingerprint density at radius 3 is 2.22 bits per heavy atom. The number of benzene rings is 2. The van der Waals surface area contributed by atoms with E-state index in [2.05, 4.69) is 46.1 Å². The summed E-state index contributed by atoms with van der Waals surface area (Å²) in [5.74, 6) is 0.477. The Labute approximate surface area is 188 Å². The zero-order chi connectivity index (χ0) is 22.3. The molecule has 32 heavy (non-hydrogen) atoms. The highest BCUT2D eigenvalue weighted by Gasteiger charge is 2.14.